The largest absolute Gasteiger partial charge is 0.326 e. The summed E-state index contributed by atoms with van der Waals surface area (Å²) in [5.41, 5.74) is 0.0833. The molecule has 2 atom stereocenters. The van der Waals surface area contributed by atoms with Gasteiger partial charge in [0.2, 0.25) is 0 Å². The predicted molar refractivity (Wildman–Crippen MR) is 88.5 cm³/mol. The number of hydrogen-bond acceptors (Lipinski definition) is 3. The molecular formula is C18H24FN3O2. The van der Waals surface area contributed by atoms with Crippen molar-refractivity contribution in [2.24, 2.45) is 5.92 Å². The summed E-state index contributed by atoms with van der Waals surface area (Å²) < 4.78 is 13.3. The first kappa shape index (κ1) is 16.9. The van der Waals surface area contributed by atoms with E-state index in [0.717, 1.165) is 24.8 Å². The molecule has 5 nitrogen and oxygen atoms in total. The van der Waals surface area contributed by atoms with Gasteiger partial charge in [0.1, 0.15) is 11.4 Å². The van der Waals surface area contributed by atoms with Gasteiger partial charge in [0.25, 0.3) is 5.91 Å². The Kier molecular flexibility index (Phi) is 4.58. The maximum absolute atomic E-state index is 13.3. The first-order valence-electron chi connectivity index (χ1n) is 8.49. The van der Waals surface area contributed by atoms with Crippen molar-refractivity contribution in [1.29, 1.82) is 0 Å². The number of benzene rings is 1. The first-order valence-corrected chi connectivity index (χ1v) is 8.49. The molecule has 2 fully saturated rings. The van der Waals surface area contributed by atoms with E-state index in [-0.39, 0.29) is 30.3 Å². The highest BCUT2D eigenvalue weighted by atomic mass is 19.1. The highest BCUT2D eigenvalue weighted by Crippen LogP contribution is 2.38. The summed E-state index contributed by atoms with van der Waals surface area (Å²) >= 11 is 0. The van der Waals surface area contributed by atoms with Crippen LogP contribution in [0, 0.1) is 11.7 Å². The van der Waals surface area contributed by atoms with Crippen LogP contribution in [0.15, 0.2) is 24.3 Å². The summed E-state index contributed by atoms with van der Waals surface area (Å²) in [6.45, 7) is 2.71. The Labute approximate surface area is 141 Å². The van der Waals surface area contributed by atoms with Crippen molar-refractivity contribution in [3.05, 3.63) is 35.6 Å². The van der Waals surface area contributed by atoms with E-state index in [1.54, 1.807) is 6.07 Å². The third kappa shape index (κ3) is 3.02. The monoisotopic (exact) mass is 333 g/mol. The van der Waals surface area contributed by atoms with Gasteiger partial charge in [-0.3, -0.25) is 9.69 Å². The van der Waals surface area contributed by atoms with Crippen LogP contribution >= 0.6 is 0 Å². The predicted octanol–water partition coefficient (Wildman–Crippen LogP) is 2.72. The van der Waals surface area contributed by atoms with Gasteiger partial charge in [-0.05, 0) is 43.5 Å². The molecule has 3 amide bonds. The molecular weight excluding hydrogens is 309 g/mol. The van der Waals surface area contributed by atoms with Gasteiger partial charge >= 0.3 is 6.03 Å². The summed E-state index contributed by atoms with van der Waals surface area (Å²) in [7, 11) is 1.82. The zero-order chi connectivity index (χ0) is 17.3. The summed E-state index contributed by atoms with van der Waals surface area (Å²) in [5, 5.41) is 2.95. The fraction of sp³-hybridized carbons (Fsp3) is 0.556. The van der Waals surface area contributed by atoms with Gasteiger partial charge in [0.05, 0.1) is 6.67 Å². The minimum absolute atomic E-state index is 0.120. The average molecular weight is 333 g/mol. The molecule has 24 heavy (non-hydrogen) atoms. The Morgan fingerprint density at radius 3 is 2.88 bits per heavy atom. The number of nitrogens with zero attached hydrogens (tertiary/aromatic N) is 2. The van der Waals surface area contributed by atoms with Gasteiger partial charge in [-0.25, -0.2) is 14.1 Å². The summed E-state index contributed by atoms with van der Waals surface area (Å²) in [6, 6.07) is 6.03. The zero-order valence-electron chi connectivity index (χ0n) is 14.2. The van der Waals surface area contributed by atoms with Crippen LogP contribution in [-0.4, -0.2) is 41.0 Å². The van der Waals surface area contributed by atoms with Crippen LogP contribution < -0.4 is 5.32 Å². The lowest BCUT2D eigenvalue weighted by Gasteiger charge is -2.37. The molecule has 0 aromatic heterocycles. The Hall–Kier alpha value is -1.95. The molecule has 130 valence electrons. The second-order valence-corrected chi connectivity index (χ2v) is 7.07. The van der Waals surface area contributed by atoms with Gasteiger partial charge in [-0.15, -0.1) is 0 Å². The van der Waals surface area contributed by atoms with E-state index in [4.69, 9.17) is 0 Å². The minimum atomic E-state index is -0.727. The lowest BCUT2D eigenvalue weighted by Crippen LogP contribution is -2.54. The number of amides is 3. The Balaban J connectivity index is 1.68. The number of nitrogens with one attached hydrogen (secondary N) is 1. The van der Waals surface area contributed by atoms with Crippen molar-refractivity contribution in [1.82, 2.24) is 15.1 Å². The quantitative estimate of drug-likeness (QED) is 0.862. The van der Waals surface area contributed by atoms with Crippen molar-refractivity contribution < 1.29 is 14.0 Å². The standard InChI is InChI=1S/C18H24FN3O2/c1-13-6-3-4-9-18(13)16(23)22(17(24)20-18)12-21(2)11-14-7-5-8-15(19)10-14/h5,7-8,10,13H,3-4,6,9,11-12H2,1-2H3,(H,20,24)/t13-,18-/m1/s1. The molecule has 0 radical (unpaired) electrons. The fourth-order valence-electron chi connectivity index (χ4n) is 3.86. The number of carbonyl (C=O) groups excluding carboxylic acids is 2. The van der Waals surface area contributed by atoms with Gasteiger partial charge in [-0.1, -0.05) is 31.9 Å². The van der Waals surface area contributed by atoms with Crippen molar-refractivity contribution in [3.8, 4) is 0 Å². The molecule has 1 aromatic carbocycles. The van der Waals surface area contributed by atoms with Gasteiger partial charge in [0, 0.05) is 6.54 Å². The van der Waals surface area contributed by atoms with E-state index >= 15 is 0 Å². The van der Waals surface area contributed by atoms with E-state index < -0.39 is 5.54 Å². The normalized spacial score (nSPS) is 27.2. The summed E-state index contributed by atoms with van der Waals surface area (Å²) in [5.74, 6) is -0.252. The van der Waals surface area contributed by atoms with Gasteiger partial charge in [-0.2, -0.15) is 0 Å². The van der Waals surface area contributed by atoms with Crippen molar-refractivity contribution in [2.45, 2.75) is 44.7 Å². The number of imide groups is 1. The zero-order valence-corrected chi connectivity index (χ0v) is 14.2. The Bertz CT molecular complexity index is 651. The molecule has 1 aliphatic heterocycles. The lowest BCUT2D eigenvalue weighted by molar-refractivity contribution is -0.135. The second-order valence-electron chi connectivity index (χ2n) is 7.07. The van der Waals surface area contributed by atoms with Crippen LogP contribution in [0.1, 0.15) is 38.2 Å². The van der Waals surface area contributed by atoms with Crippen LogP contribution in [0.2, 0.25) is 0 Å². The molecule has 1 saturated carbocycles. The lowest BCUT2D eigenvalue weighted by atomic mass is 9.73. The molecule has 1 aliphatic carbocycles. The Morgan fingerprint density at radius 2 is 2.17 bits per heavy atom. The van der Waals surface area contributed by atoms with Crippen molar-refractivity contribution in [2.75, 3.05) is 13.7 Å². The second kappa shape index (κ2) is 6.51. The molecule has 3 rings (SSSR count). The molecule has 2 aliphatic rings. The maximum atomic E-state index is 13.3. The Morgan fingerprint density at radius 1 is 1.38 bits per heavy atom. The van der Waals surface area contributed by atoms with Crippen LogP contribution in [0.5, 0.6) is 0 Å². The van der Waals surface area contributed by atoms with Crippen LogP contribution in [0.25, 0.3) is 0 Å². The SMILES string of the molecule is C[C@@H]1CCCC[C@@]12NC(=O)N(CN(C)Cc1cccc(F)c1)C2=O. The molecule has 6 heteroatoms. The first-order chi connectivity index (χ1) is 11.4. The fourth-order valence-corrected chi connectivity index (χ4v) is 3.86. The average Bonchev–Trinajstić information content (AvgIpc) is 2.75. The smallest absolute Gasteiger partial charge is 0.323 e. The summed E-state index contributed by atoms with van der Waals surface area (Å²) in [4.78, 5) is 28.4. The number of rotatable bonds is 4. The number of urea groups is 1. The highest BCUT2D eigenvalue weighted by Gasteiger charge is 2.54. The van der Waals surface area contributed by atoms with Crippen molar-refractivity contribution in [3.63, 3.8) is 0 Å². The van der Waals surface area contributed by atoms with E-state index in [1.807, 2.05) is 24.9 Å². The van der Waals surface area contributed by atoms with Crippen LogP contribution in [0.3, 0.4) is 0 Å². The number of halogens is 1. The van der Waals surface area contributed by atoms with E-state index in [1.165, 1.54) is 17.0 Å². The van der Waals surface area contributed by atoms with Gasteiger partial charge < -0.3 is 5.32 Å². The maximum Gasteiger partial charge on any atom is 0.326 e. The molecule has 1 heterocycles. The van der Waals surface area contributed by atoms with E-state index in [0.29, 0.717) is 13.0 Å². The van der Waals surface area contributed by atoms with Crippen molar-refractivity contribution >= 4 is 11.9 Å². The molecule has 0 unspecified atom stereocenters. The highest BCUT2D eigenvalue weighted by molar-refractivity contribution is 6.07. The third-order valence-electron chi connectivity index (χ3n) is 5.23. The minimum Gasteiger partial charge on any atom is -0.323 e. The number of carbonyl (C=O) groups is 2. The van der Waals surface area contributed by atoms with Crippen LogP contribution in [0.4, 0.5) is 9.18 Å². The molecule has 1 N–H and O–H groups in total. The molecule has 0 bridgehead atoms. The summed E-state index contributed by atoms with van der Waals surface area (Å²) in [6.07, 6.45) is 3.73. The third-order valence-corrected chi connectivity index (χ3v) is 5.23. The molecule has 1 saturated heterocycles. The molecule has 1 spiro atoms. The van der Waals surface area contributed by atoms with E-state index in [9.17, 15) is 14.0 Å². The van der Waals surface area contributed by atoms with E-state index in [2.05, 4.69) is 5.32 Å². The van der Waals surface area contributed by atoms with Crippen LogP contribution in [-0.2, 0) is 11.3 Å². The molecule has 1 aromatic rings. The van der Waals surface area contributed by atoms with Gasteiger partial charge in [0.15, 0.2) is 0 Å². The topological polar surface area (TPSA) is 52.7 Å². The number of hydrogen-bond donors (Lipinski definition) is 1.